The molecule has 3 nitrogen and oxygen atoms in total. The van der Waals surface area contributed by atoms with Crippen molar-refractivity contribution < 1.29 is 22.0 Å². The predicted octanol–water partition coefficient (Wildman–Crippen LogP) is 5.96. The van der Waals surface area contributed by atoms with Crippen LogP contribution in [0.3, 0.4) is 0 Å². The number of benzene rings is 3. The Morgan fingerprint density at radius 3 is 2.24 bits per heavy atom. The molecule has 3 aromatic carbocycles. The van der Waals surface area contributed by atoms with Gasteiger partial charge in [0.05, 0.1) is 16.6 Å². The summed E-state index contributed by atoms with van der Waals surface area (Å²) >= 11 is 0. The van der Waals surface area contributed by atoms with E-state index in [0.29, 0.717) is 10.9 Å². The summed E-state index contributed by atoms with van der Waals surface area (Å²) in [4.78, 5) is 4.40. The number of pyridine rings is 1. The van der Waals surface area contributed by atoms with Crippen molar-refractivity contribution in [3.8, 4) is 6.07 Å². The van der Waals surface area contributed by atoms with Gasteiger partial charge in [0.25, 0.3) is 0 Å². The zero-order valence-corrected chi connectivity index (χ0v) is 14.4. The number of imidazole rings is 1. The second kappa shape index (κ2) is 5.64. The van der Waals surface area contributed by atoms with Crippen LogP contribution >= 0.6 is 0 Å². The van der Waals surface area contributed by atoms with Crippen molar-refractivity contribution >= 4 is 38.4 Å². The highest BCUT2D eigenvalue weighted by atomic mass is 19.4. The van der Waals surface area contributed by atoms with Crippen LogP contribution in [0.1, 0.15) is 11.1 Å². The maximum absolute atomic E-state index is 15.2. The first-order valence-electron chi connectivity index (χ1n) is 8.44. The monoisotopic (exact) mass is 397 g/mol. The molecule has 8 heteroatoms. The first-order valence-corrected chi connectivity index (χ1v) is 8.44. The Kier molecular flexibility index (Phi) is 3.38. The van der Waals surface area contributed by atoms with Crippen molar-refractivity contribution in [3.05, 3.63) is 71.3 Å². The third-order valence-electron chi connectivity index (χ3n) is 4.97. The van der Waals surface area contributed by atoms with Gasteiger partial charge in [-0.05, 0) is 17.5 Å². The molecule has 0 aliphatic rings. The molecule has 0 saturated heterocycles. The number of hydrogen-bond donors (Lipinski definition) is 0. The lowest BCUT2D eigenvalue weighted by molar-refractivity contribution is -0.138. The average molecular weight is 397 g/mol. The molecular weight excluding hydrogens is 389 g/mol. The highest BCUT2D eigenvalue weighted by Gasteiger charge is 2.41. The van der Waals surface area contributed by atoms with Gasteiger partial charge in [-0.25, -0.2) is 13.8 Å². The number of nitrogens with zero attached hydrogens (tertiary/aromatic N) is 3. The molecule has 0 N–H and O–H groups in total. The van der Waals surface area contributed by atoms with E-state index in [0.717, 1.165) is 4.40 Å². The van der Waals surface area contributed by atoms with Gasteiger partial charge in [0.1, 0.15) is 22.8 Å². The van der Waals surface area contributed by atoms with Gasteiger partial charge < -0.3 is 0 Å². The van der Waals surface area contributed by atoms with Gasteiger partial charge >= 0.3 is 6.18 Å². The first kappa shape index (κ1) is 17.4. The lowest BCUT2D eigenvalue weighted by Crippen LogP contribution is -2.14. The normalized spacial score (nSPS) is 12.3. The summed E-state index contributed by atoms with van der Waals surface area (Å²) < 4.78 is 73.0. The number of para-hydroxylation sites is 2. The quantitative estimate of drug-likeness (QED) is 0.239. The van der Waals surface area contributed by atoms with Crippen molar-refractivity contribution in [2.75, 3.05) is 0 Å². The topological polar surface area (TPSA) is 41.1 Å². The Bertz CT molecular complexity index is 1520. The molecule has 0 aliphatic heterocycles. The molecule has 2 heterocycles. The summed E-state index contributed by atoms with van der Waals surface area (Å²) in [5, 5.41) is 9.18. The maximum atomic E-state index is 15.2. The van der Waals surface area contributed by atoms with Gasteiger partial charge in [0.2, 0.25) is 0 Å². The van der Waals surface area contributed by atoms with Crippen molar-refractivity contribution in [1.29, 1.82) is 5.26 Å². The molecule has 0 radical (unpaired) electrons. The Hall–Kier alpha value is -3.73. The standard InChI is InChI=1S/C21H8F5N3/c22-17-12(9-27)18(23)16(21(24,25)26)19-15(17)10-5-1-2-6-11(10)20-28-13-7-3-4-8-14(13)29(19)20/h1-8H. The Morgan fingerprint density at radius 2 is 1.55 bits per heavy atom. The number of aromatic nitrogens is 2. The highest BCUT2D eigenvalue weighted by molar-refractivity contribution is 6.15. The van der Waals surface area contributed by atoms with Crippen molar-refractivity contribution in [1.82, 2.24) is 9.38 Å². The molecule has 0 amide bonds. The summed E-state index contributed by atoms with van der Waals surface area (Å²) in [5.74, 6) is -3.26. The molecule has 0 fully saturated rings. The number of nitriles is 1. The van der Waals surface area contributed by atoms with Gasteiger partial charge in [-0.1, -0.05) is 36.4 Å². The van der Waals surface area contributed by atoms with E-state index in [4.69, 9.17) is 5.26 Å². The van der Waals surface area contributed by atoms with E-state index >= 15 is 4.39 Å². The molecule has 0 unspecified atom stereocenters. The zero-order valence-electron chi connectivity index (χ0n) is 14.4. The summed E-state index contributed by atoms with van der Waals surface area (Å²) in [6, 6.07) is 13.8. The lowest BCUT2D eigenvalue weighted by Gasteiger charge is -2.17. The van der Waals surface area contributed by atoms with E-state index < -0.39 is 39.8 Å². The van der Waals surface area contributed by atoms with Crippen LogP contribution in [0.5, 0.6) is 0 Å². The van der Waals surface area contributed by atoms with Crippen molar-refractivity contribution in [2.45, 2.75) is 6.18 Å². The minimum Gasteiger partial charge on any atom is -0.291 e. The van der Waals surface area contributed by atoms with Crippen molar-refractivity contribution in [3.63, 3.8) is 0 Å². The van der Waals surface area contributed by atoms with Crippen LogP contribution in [-0.2, 0) is 6.18 Å². The Morgan fingerprint density at radius 1 is 0.897 bits per heavy atom. The van der Waals surface area contributed by atoms with Gasteiger partial charge in [-0.3, -0.25) is 4.40 Å². The summed E-state index contributed by atoms with van der Waals surface area (Å²) in [6.45, 7) is 0. The number of halogens is 5. The Labute approximate surface area is 159 Å². The smallest absolute Gasteiger partial charge is 0.291 e. The molecule has 0 saturated carbocycles. The largest absolute Gasteiger partial charge is 0.421 e. The fourth-order valence-electron chi connectivity index (χ4n) is 3.83. The molecule has 0 bridgehead atoms. The van der Waals surface area contributed by atoms with E-state index in [1.807, 2.05) is 0 Å². The highest BCUT2D eigenvalue weighted by Crippen LogP contribution is 2.43. The molecule has 0 aliphatic carbocycles. The summed E-state index contributed by atoms with van der Waals surface area (Å²) in [7, 11) is 0. The molecule has 0 atom stereocenters. The van der Waals surface area contributed by atoms with Crippen LogP contribution < -0.4 is 0 Å². The number of hydrogen-bond acceptors (Lipinski definition) is 2. The number of fused-ring (bicyclic) bond motifs is 8. The summed E-state index contributed by atoms with van der Waals surface area (Å²) in [5.41, 5.74) is -2.86. The van der Waals surface area contributed by atoms with Gasteiger partial charge in [0.15, 0.2) is 11.6 Å². The maximum Gasteiger partial charge on any atom is 0.421 e. The van der Waals surface area contributed by atoms with Crippen LogP contribution in [0.25, 0.3) is 38.4 Å². The molecule has 0 spiro atoms. The van der Waals surface area contributed by atoms with Gasteiger partial charge in [-0.2, -0.15) is 18.4 Å². The average Bonchev–Trinajstić information content (AvgIpc) is 3.07. The van der Waals surface area contributed by atoms with E-state index in [1.165, 1.54) is 24.3 Å². The molecular formula is C21H8F5N3. The van der Waals surface area contributed by atoms with Crippen LogP contribution in [0.4, 0.5) is 22.0 Å². The van der Waals surface area contributed by atoms with Crippen LogP contribution in [-0.4, -0.2) is 9.38 Å². The van der Waals surface area contributed by atoms with Gasteiger partial charge in [0, 0.05) is 10.8 Å². The van der Waals surface area contributed by atoms with Gasteiger partial charge in [-0.15, -0.1) is 0 Å². The van der Waals surface area contributed by atoms with E-state index in [2.05, 4.69) is 4.98 Å². The minimum absolute atomic E-state index is 0.116. The molecule has 2 aromatic heterocycles. The second-order valence-electron chi connectivity index (χ2n) is 6.52. The first-order chi connectivity index (χ1) is 13.8. The predicted molar refractivity (Wildman–Crippen MR) is 97.3 cm³/mol. The summed E-state index contributed by atoms with van der Waals surface area (Å²) in [6.07, 6.45) is -5.16. The minimum atomic E-state index is -5.16. The number of rotatable bonds is 0. The Balaban J connectivity index is 2.29. The van der Waals surface area contributed by atoms with Crippen LogP contribution in [0.2, 0.25) is 0 Å². The molecule has 29 heavy (non-hydrogen) atoms. The van der Waals surface area contributed by atoms with Crippen molar-refractivity contribution in [2.24, 2.45) is 0 Å². The molecule has 5 rings (SSSR count). The fourth-order valence-corrected chi connectivity index (χ4v) is 3.83. The number of alkyl halides is 3. The van der Waals surface area contributed by atoms with E-state index in [9.17, 15) is 17.6 Å². The third kappa shape index (κ3) is 2.18. The lowest BCUT2D eigenvalue weighted by atomic mass is 9.98. The van der Waals surface area contributed by atoms with Crippen LogP contribution in [0.15, 0.2) is 48.5 Å². The SMILES string of the molecule is N#Cc1c(F)c(C(F)(F)F)c2c(c1F)c1ccccc1c1nc3ccccc3n12. The van der Waals surface area contributed by atoms with Crippen LogP contribution in [0, 0.1) is 23.0 Å². The molecule has 5 aromatic rings. The van der Waals surface area contributed by atoms with E-state index in [-0.39, 0.29) is 16.6 Å². The second-order valence-corrected chi connectivity index (χ2v) is 6.52. The fraction of sp³-hybridized carbons (Fsp3) is 0.0476. The zero-order chi connectivity index (χ0) is 20.5. The third-order valence-corrected chi connectivity index (χ3v) is 4.97. The molecule has 142 valence electrons. The van der Waals surface area contributed by atoms with E-state index in [1.54, 1.807) is 30.3 Å².